The smallest absolute Gasteiger partial charge is 0.127 e. The summed E-state index contributed by atoms with van der Waals surface area (Å²) in [7, 11) is 0. The van der Waals surface area contributed by atoms with Crippen molar-refractivity contribution in [3.63, 3.8) is 0 Å². The molecule has 2 nitrogen and oxygen atoms in total. The lowest BCUT2D eigenvalue weighted by Gasteiger charge is -2.20. The molecule has 1 aliphatic rings. The number of hydrogen-bond donors (Lipinski definition) is 2. The third kappa shape index (κ3) is 1.51. The molecule has 16 heavy (non-hydrogen) atoms. The van der Waals surface area contributed by atoms with Gasteiger partial charge in [0, 0.05) is 21.8 Å². The van der Waals surface area contributed by atoms with Gasteiger partial charge in [0.25, 0.3) is 0 Å². The molecular weight excluding hydrogens is 273 g/mol. The highest BCUT2D eigenvalue weighted by atomic mass is 79.9. The Bertz CT molecular complexity index is 419. The Morgan fingerprint density at radius 1 is 1.56 bits per heavy atom. The van der Waals surface area contributed by atoms with Crippen LogP contribution in [0.2, 0.25) is 0 Å². The Kier molecular flexibility index (Phi) is 2.85. The molecule has 2 atom stereocenters. The van der Waals surface area contributed by atoms with Gasteiger partial charge >= 0.3 is 0 Å². The van der Waals surface area contributed by atoms with E-state index >= 15 is 0 Å². The van der Waals surface area contributed by atoms with E-state index in [9.17, 15) is 9.50 Å². The molecular formula is C12H15BrFNO. The van der Waals surface area contributed by atoms with Crippen molar-refractivity contribution in [1.82, 2.24) is 0 Å². The zero-order valence-electron chi connectivity index (χ0n) is 9.13. The second-order valence-electron chi connectivity index (χ2n) is 4.78. The molecule has 4 heteroatoms. The molecule has 2 unspecified atom stereocenters. The third-order valence-electron chi connectivity index (χ3n) is 3.95. The maximum Gasteiger partial charge on any atom is 0.127 e. The third-order valence-corrected chi connectivity index (χ3v) is 4.45. The highest BCUT2D eigenvalue weighted by Gasteiger charge is 2.64. The molecule has 3 N–H and O–H groups in total. The average molecular weight is 288 g/mol. The Labute approximate surface area is 103 Å². The molecule has 0 saturated heterocycles. The highest BCUT2D eigenvalue weighted by Crippen LogP contribution is 2.64. The van der Waals surface area contributed by atoms with Crippen LogP contribution >= 0.6 is 15.9 Å². The van der Waals surface area contributed by atoms with Crippen molar-refractivity contribution >= 4 is 15.9 Å². The Hall–Kier alpha value is -0.450. The zero-order valence-corrected chi connectivity index (χ0v) is 10.7. The van der Waals surface area contributed by atoms with Gasteiger partial charge in [-0.3, -0.25) is 0 Å². The number of hydrogen-bond acceptors (Lipinski definition) is 2. The van der Waals surface area contributed by atoms with E-state index in [0.29, 0.717) is 12.1 Å². The van der Waals surface area contributed by atoms with E-state index in [-0.39, 0.29) is 23.3 Å². The number of aliphatic hydroxyl groups is 1. The van der Waals surface area contributed by atoms with E-state index in [4.69, 9.17) is 5.73 Å². The number of aliphatic hydroxyl groups excluding tert-OH is 1. The summed E-state index contributed by atoms with van der Waals surface area (Å²) >= 11 is 3.34. The summed E-state index contributed by atoms with van der Waals surface area (Å²) in [6.07, 6.45) is 0.736. The summed E-state index contributed by atoms with van der Waals surface area (Å²) in [5.74, 6) is -0.227. The minimum absolute atomic E-state index is 0.00591. The van der Waals surface area contributed by atoms with Crippen LogP contribution in [0.4, 0.5) is 4.39 Å². The molecule has 0 radical (unpaired) electrons. The maximum atomic E-state index is 13.8. The van der Waals surface area contributed by atoms with Crippen molar-refractivity contribution in [2.75, 3.05) is 13.2 Å². The van der Waals surface area contributed by atoms with Crippen molar-refractivity contribution < 1.29 is 9.50 Å². The van der Waals surface area contributed by atoms with Gasteiger partial charge in [-0.1, -0.05) is 22.9 Å². The van der Waals surface area contributed by atoms with E-state index < -0.39 is 0 Å². The lowest BCUT2D eigenvalue weighted by atomic mass is 9.88. The quantitative estimate of drug-likeness (QED) is 0.895. The van der Waals surface area contributed by atoms with Gasteiger partial charge in [0.2, 0.25) is 0 Å². The first-order valence-corrected chi connectivity index (χ1v) is 6.05. The Balaban J connectivity index is 2.43. The maximum absolute atomic E-state index is 13.8. The molecule has 0 heterocycles. The van der Waals surface area contributed by atoms with Crippen LogP contribution in [-0.4, -0.2) is 18.3 Å². The predicted molar refractivity (Wildman–Crippen MR) is 64.6 cm³/mol. The molecule has 0 amide bonds. The van der Waals surface area contributed by atoms with Gasteiger partial charge < -0.3 is 10.8 Å². The number of halogens is 2. The fourth-order valence-corrected chi connectivity index (χ4v) is 2.89. The molecule has 1 aliphatic carbocycles. The molecule has 88 valence electrons. The topological polar surface area (TPSA) is 46.2 Å². The first kappa shape index (κ1) is 12.0. The monoisotopic (exact) mass is 287 g/mol. The standard InChI is InChI=1S/C12H15BrFNO/c1-11(5-12(11,6-15)7-16)9-4-8(13)2-3-10(9)14/h2-4,16H,5-7,15H2,1H3. The minimum Gasteiger partial charge on any atom is -0.396 e. The summed E-state index contributed by atoms with van der Waals surface area (Å²) < 4.78 is 14.6. The van der Waals surface area contributed by atoms with Gasteiger partial charge in [0.1, 0.15) is 5.82 Å². The molecule has 0 aliphatic heterocycles. The van der Waals surface area contributed by atoms with Crippen molar-refractivity contribution in [3.05, 3.63) is 34.1 Å². The van der Waals surface area contributed by atoms with E-state index in [1.54, 1.807) is 12.1 Å². The lowest BCUT2D eigenvalue weighted by Crippen LogP contribution is -2.28. The normalized spacial score (nSPS) is 32.8. The van der Waals surface area contributed by atoms with Crippen LogP contribution in [0.5, 0.6) is 0 Å². The van der Waals surface area contributed by atoms with E-state index in [2.05, 4.69) is 15.9 Å². The molecule has 0 bridgehead atoms. The van der Waals surface area contributed by atoms with Gasteiger partial charge in [0.15, 0.2) is 0 Å². The van der Waals surface area contributed by atoms with Crippen LogP contribution in [0.1, 0.15) is 18.9 Å². The van der Waals surface area contributed by atoms with Crippen LogP contribution in [0.15, 0.2) is 22.7 Å². The van der Waals surface area contributed by atoms with Crippen molar-refractivity contribution in [1.29, 1.82) is 0 Å². The van der Waals surface area contributed by atoms with Crippen LogP contribution in [0.3, 0.4) is 0 Å². The van der Waals surface area contributed by atoms with Gasteiger partial charge in [-0.05, 0) is 30.2 Å². The van der Waals surface area contributed by atoms with Gasteiger partial charge in [-0.25, -0.2) is 4.39 Å². The van der Waals surface area contributed by atoms with E-state index in [1.807, 2.05) is 6.92 Å². The fraction of sp³-hybridized carbons (Fsp3) is 0.500. The lowest BCUT2D eigenvalue weighted by molar-refractivity contribution is 0.197. The van der Waals surface area contributed by atoms with Crippen molar-refractivity contribution in [3.8, 4) is 0 Å². The number of rotatable bonds is 3. The van der Waals surface area contributed by atoms with E-state index in [1.165, 1.54) is 6.07 Å². The predicted octanol–water partition coefficient (Wildman–Crippen LogP) is 2.19. The highest BCUT2D eigenvalue weighted by molar-refractivity contribution is 9.10. The minimum atomic E-state index is -0.353. The summed E-state index contributed by atoms with van der Waals surface area (Å²) in [5, 5.41) is 9.40. The van der Waals surface area contributed by atoms with E-state index in [0.717, 1.165) is 10.9 Å². The molecule has 1 fully saturated rings. The molecule has 0 spiro atoms. The van der Waals surface area contributed by atoms with Gasteiger partial charge in [0.05, 0.1) is 6.61 Å². The second-order valence-corrected chi connectivity index (χ2v) is 5.69. The largest absolute Gasteiger partial charge is 0.396 e. The summed E-state index contributed by atoms with van der Waals surface area (Å²) in [4.78, 5) is 0. The molecule has 2 rings (SSSR count). The molecule has 0 aromatic heterocycles. The SMILES string of the molecule is CC1(c2cc(Br)ccc2F)CC1(CN)CO. The van der Waals surface area contributed by atoms with Crippen LogP contribution in [0.25, 0.3) is 0 Å². The fourth-order valence-electron chi connectivity index (χ4n) is 2.53. The second kappa shape index (κ2) is 3.79. The Morgan fingerprint density at radius 2 is 2.25 bits per heavy atom. The summed E-state index contributed by atoms with van der Waals surface area (Å²) in [6, 6.07) is 4.90. The number of nitrogens with two attached hydrogens (primary N) is 1. The Morgan fingerprint density at radius 3 is 2.75 bits per heavy atom. The first-order valence-electron chi connectivity index (χ1n) is 5.25. The average Bonchev–Trinajstić information content (AvgIpc) is 2.90. The molecule has 1 aromatic rings. The summed E-state index contributed by atoms with van der Waals surface area (Å²) in [5.41, 5.74) is 5.63. The van der Waals surface area contributed by atoms with Crippen LogP contribution in [-0.2, 0) is 5.41 Å². The van der Waals surface area contributed by atoms with Crippen molar-refractivity contribution in [2.45, 2.75) is 18.8 Å². The van der Waals surface area contributed by atoms with Crippen LogP contribution < -0.4 is 5.73 Å². The van der Waals surface area contributed by atoms with Crippen LogP contribution in [0, 0.1) is 11.2 Å². The van der Waals surface area contributed by atoms with Gasteiger partial charge in [-0.2, -0.15) is 0 Å². The van der Waals surface area contributed by atoms with Crippen molar-refractivity contribution in [2.24, 2.45) is 11.1 Å². The zero-order chi connectivity index (χ0) is 12.0. The number of benzene rings is 1. The molecule has 1 aromatic carbocycles. The first-order chi connectivity index (χ1) is 7.49. The molecule has 1 saturated carbocycles. The van der Waals surface area contributed by atoms with Gasteiger partial charge in [-0.15, -0.1) is 0 Å². The summed E-state index contributed by atoms with van der Waals surface area (Å²) in [6.45, 7) is 2.35.